The maximum Gasteiger partial charge on any atom is 0.323 e. The monoisotopic (exact) mass is 296 g/mol. The Morgan fingerprint density at radius 1 is 1.33 bits per heavy atom. The van der Waals surface area contributed by atoms with Crippen LogP contribution in [0.15, 0.2) is 10.6 Å². The van der Waals surface area contributed by atoms with Crippen LogP contribution in [0.5, 0.6) is 0 Å². The first kappa shape index (κ1) is 17.2. The van der Waals surface area contributed by atoms with Crippen LogP contribution in [0.25, 0.3) is 0 Å². The van der Waals surface area contributed by atoms with Gasteiger partial charge in [0.1, 0.15) is 6.54 Å². The molecule has 0 aliphatic heterocycles. The van der Waals surface area contributed by atoms with Crippen molar-refractivity contribution in [1.29, 1.82) is 0 Å². The van der Waals surface area contributed by atoms with Gasteiger partial charge in [0, 0.05) is 18.5 Å². The van der Waals surface area contributed by atoms with Crippen molar-refractivity contribution in [2.24, 2.45) is 5.92 Å². The highest BCUT2D eigenvalue weighted by Gasteiger charge is 2.24. The van der Waals surface area contributed by atoms with Crippen molar-refractivity contribution in [2.45, 2.75) is 46.5 Å². The summed E-state index contributed by atoms with van der Waals surface area (Å²) in [7, 11) is 0. The number of hydrogen-bond acceptors (Lipinski definition) is 4. The predicted molar refractivity (Wildman–Crippen MR) is 78.2 cm³/mol. The van der Waals surface area contributed by atoms with Gasteiger partial charge in [0.05, 0.1) is 5.69 Å². The van der Waals surface area contributed by atoms with Gasteiger partial charge in [-0.1, -0.05) is 32.9 Å². The average molecular weight is 296 g/mol. The normalized spacial score (nSPS) is 11.1. The molecule has 0 atom stereocenters. The van der Waals surface area contributed by atoms with Crippen LogP contribution in [-0.2, 0) is 4.79 Å². The standard InChI is InChI=1S/C15H24N2O4/c1-5-11(6-2)12-7-13(21-16-12)15(20)17(8-10(3)4)9-14(18)19/h7,10-11H,5-6,8-9H2,1-4H3,(H,18,19). The summed E-state index contributed by atoms with van der Waals surface area (Å²) >= 11 is 0. The number of nitrogens with zero attached hydrogens (tertiary/aromatic N) is 2. The molecule has 6 heteroatoms. The van der Waals surface area contributed by atoms with E-state index in [1.807, 2.05) is 13.8 Å². The molecule has 1 aromatic rings. The molecule has 0 unspecified atom stereocenters. The Labute approximate surface area is 125 Å². The molecule has 0 bridgehead atoms. The maximum absolute atomic E-state index is 12.4. The highest BCUT2D eigenvalue weighted by atomic mass is 16.5. The molecule has 6 nitrogen and oxygen atoms in total. The van der Waals surface area contributed by atoms with Crippen molar-refractivity contribution < 1.29 is 19.2 Å². The SMILES string of the molecule is CCC(CC)c1cc(C(=O)N(CC(=O)O)CC(C)C)on1. The van der Waals surface area contributed by atoms with E-state index in [1.165, 1.54) is 4.90 Å². The number of amides is 1. The third kappa shape index (κ3) is 4.88. The fourth-order valence-electron chi connectivity index (χ4n) is 2.27. The van der Waals surface area contributed by atoms with Crippen LogP contribution >= 0.6 is 0 Å². The van der Waals surface area contributed by atoms with Crippen LogP contribution in [-0.4, -0.2) is 40.1 Å². The second kappa shape index (κ2) is 7.81. The number of aromatic nitrogens is 1. The van der Waals surface area contributed by atoms with Crippen molar-refractivity contribution in [3.8, 4) is 0 Å². The molecule has 0 fully saturated rings. The molecule has 0 radical (unpaired) electrons. The molecule has 0 aliphatic carbocycles. The number of carbonyl (C=O) groups is 2. The van der Waals surface area contributed by atoms with Crippen molar-refractivity contribution in [1.82, 2.24) is 10.1 Å². The van der Waals surface area contributed by atoms with Gasteiger partial charge in [-0.15, -0.1) is 0 Å². The Morgan fingerprint density at radius 3 is 2.43 bits per heavy atom. The smallest absolute Gasteiger partial charge is 0.323 e. The summed E-state index contributed by atoms with van der Waals surface area (Å²) in [6, 6.07) is 1.63. The fourth-order valence-corrected chi connectivity index (χ4v) is 2.27. The zero-order valence-corrected chi connectivity index (χ0v) is 13.1. The number of rotatable bonds is 8. The van der Waals surface area contributed by atoms with E-state index in [2.05, 4.69) is 19.0 Å². The lowest BCUT2D eigenvalue weighted by Gasteiger charge is -2.21. The zero-order valence-electron chi connectivity index (χ0n) is 13.1. The Balaban J connectivity index is 2.90. The van der Waals surface area contributed by atoms with Crippen LogP contribution in [0.3, 0.4) is 0 Å². The third-order valence-electron chi connectivity index (χ3n) is 3.34. The molecule has 0 spiro atoms. The molecule has 1 N–H and O–H groups in total. The van der Waals surface area contributed by atoms with Crippen molar-refractivity contribution in [2.75, 3.05) is 13.1 Å². The summed E-state index contributed by atoms with van der Waals surface area (Å²) in [4.78, 5) is 24.5. The van der Waals surface area contributed by atoms with E-state index < -0.39 is 11.9 Å². The van der Waals surface area contributed by atoms with Crippen LogP contribution in [0.2, 0.25) is 0 Å². The summed E-state index contributed by atoms with van der Waals surface area (Å²) in [6.45, 7) is 8.00. The molecule has 0 aliphatic rings. The van der Waals surface area contributed by atoms with Gasteiger partial charge in [-0.3, -0.25) is 9.59 Å². The van der Waals surface area contributed by atoms with Crippen LogP contribution in [0.4, 0.5) is 0 Å². The third-order valence-corrected chi connectivity index (χ3v) is 3.34. The average Bonchev–Trinajstić information content (AvgIpc) is 2.87. The molecule has 118 valence electrons. The molecule has 0 saturated carbocycles. The molecular weight excluding hydrogens is 272 g/mol. The highest BCUT2D eigenvalue weighted by molar-refractivity contribution is 5.93. The molecule has 1 amide bonds. The van der Waals surface area contributed by atoms with E-state index in [-0.39, 0.29) is 24.1 Å². The summed E-state index contributed by atoms with van der Waals surface area (Å²) in [5.74, 6) is -0.915. The van der Waals surface area contributed by atoms with E-state index in [4.69, 9.17) is 9.63 Å². The summed E-state index contributed by atoms with van der Waals surface area (Å²) < 4.78 is 5.12. The van der Waals surface area contributed by atoms with Gasteiger partial charge in [0.2, 0.25) is 5.76 Å². The van der Waals surface area contributed by atoms with Gasteiger partial charge in [-0.25, -0.2) is 0 Å². The van der Waals surface area contributed by atoms with Gasteiger partial charge in [0.15, 0.2) is 0 Å². The number of carboxylic acid groups (broad SMARTS) is 1. The Kier molecular flexibility index (Phi) is 6.39. The van der Waals surface area contributed by atoms with E-state index in [0.717, 1.165) is 18.5 Å². The lowest BCUT2D eigenvalue weighted by Crippen LogP contribution is -2.38. The second-order valence-corrected chi connectivity index (χ2v) is 5.60. The van der Waals surface area contributed by atoms with Gasteiger partial charge in [0.25, 0.3) is 5.91 Å². The summed E-state index contributed by atoms with van der Waals surface area (Å²) in [5.41, 5.74) is 0.753. The molecule has 0 aromatic carbocycles. The maximum atomic E-state index is 12.4. The summed E-state index contributed by atoms with van der Waals surface area (Å²) in [5, 5.41) is 12.9. The first-order valence-corrected chi connectivity index (χ1v) is 7.36. The van der Waals surface area contributed by atoms with Crippen LogP contribution < -0.4 is 0 Å². The number of carboxylic acids is 1. The lowest BCUT2D eigenvalue weighted by molar-refractivity contribution is -0.137. The van der Waals surface area contributed by atoms with Crippen molar-refractivity contribution in [3.05, 3.63) is 17.5 Å². The number of aliphatic carboxylic acids is 1. The second-order valence-electron chi connectivity index (χ2n) is 5.60. The molecule has 21 heavy (non-hydrogen) atoms. The minimum atomic E-state index is -1.04. The Hall–Kier alpha value is -1.85. The minimum Gasteiger partial charge on any atom is -0.480 e. The van der Waals surface area contributed by atoms with Crippen LogP contribution in [0, 0.1) is 5.92 Å². The number of hydrogen-bond donors (Lipinski definition) is 1. The Bertz CT molecular complexity index is 478. The predicted octanol–water partition coefficient (Wildman–Crippen LogP) is 2.76. The van der Waals surface area contributed by atoms with Gasteiger partial charge in [-0.2, -0.15) is 0 Å². The molecule has 0 saturated heterocycles. The van der Waals surface area contributed by atoms with E-state index in [1.54, 1.807) is 6.07 Å². The van der Waals surface area contributed by atoms with Crippen LogP contribution in [0.1, 0.15) is 62.7 Å². The summed E-state index contributed by atoms with van der Waals surface area (Å²) in [6.07, 6.45) is 1.84. The fraction of sp³-hybridized carbons (Fsp3) is 0.667. The number of carbonyl (C=O) groups excluding carboxylic acids is 1. The van der Waals surface area contributed by atoms with Gasteiger partial charge in [-0.05, 0) is 18.8 Å². The molecule has 1 heterocycles. The van der Waals surface area contributed by atoms with E-state index in [9.17, 15) is 9.59 Å². The van der Waals surface area contributed by atoms with Crippen molar-refractivity contribution in [3.63, 3.8) is 0 Å². The van der Waals surface area contributed by atoms with Gasteiger partial charge >= 0.3 is 5.97 Å². The van der Waals surface area contributed by atoms with Crippen molar-refractivity contribution >= 4 is 11.9 Å². The largest absolute Gasteiger partial charge is 0.480 e. The highest BCUT2D eigenvalue weighted by Crippen LogP contribution is 2.23. The first-order chi connectivity index (χ1) is 9.88. The first-order valence-electron chi connectivity index (χ1n) is 7.36. The quantitative estimate of drug-likeness (QED) is 0.797. The molecule has 1 rings (SSSR count). The topological polar surface area (TPSA) is 83.6 Å². The Morgan fingerprint density at radius 2 is 1.95 bits per heavy atom. The lowest BCUT2D eigenvalue weighted by atomic mass is 9.99. The van der Waals surface area contributed by atoms with Gasteiger partial charge < -0.3 is 14.5 Å². The zero-order chi connectivity index (χ0) is 16.0. The molecular formula is C15H24N2O4. The molecule has 1 aromatic heterocycles. The minimum absolute atomic E-state index is 0.110. The van der Waals surface area contributed by atoms with E-state index in [0.29, 0.717) is 6.54 Å². The van der Waals surface area contributed by atoms with E-state index >= 15 is 0 Å².